The van der Waals surface area contributed by atoms with Gasteiger partial charge in [-0.2, -0.15) is 9.98 Å². The number of carbonyl (C=O) groups excluding carboxylic acids is 1. The number of sulfonamides is 1. The number of nitriles is 1. The molecule has 210 valence electrons. The van der Waals surface area contributed by atoms with Crippen molar-refractivity contribution >= 4 is 45.1 Å². The van der Waals surface area contributed by atoms with E-state index in [0.717, 1.165) is 6.26 Å². The van der Waals surface area contributed by atoms with Gasteiger partial charge in [-0.15, -0.1) is 0 Å². The average Bonchev–Trinajstić information content (AvgIpc) is 3.07. The minimum absolute atomic E-state index is 0.269. The molecule has 5 atom stereocenters. The second-order valence-electron chi connectivity index (χ2n) is 11.1. The number of primary amides is 1. The second kappa shape index (κ2) is 11.4. The van der Waals surface area contributed by atoms with Crippen LogP contribution in [-0.4, -0.2) is 54.8 Å². The van der Waals surface area contributed by atoms with E-state index in [-0.39, 0.29) is 6.42 Å². The van der Waals surface area contributed by atoms with Gasteiger partial charge in [-0.05, 0) is 47.2 Å². The molecule has 1 unspecified atom stereocenters. The quantitative estimate of drug-likeness (QED) is 0.398. The van der Waals surface area contributed by atoms with Crippen molar-refractivity contribution in [1.82, 2.24) is 9.62 Å². The first-order valence-electron chi connectivity index (χ1n) is 12.2. The molecule has 2 aromatic carbocycles. The normalized spacial score (nSPS) is 24.7. The Kier molecular flexibility index (Phi) is 9.05. The summed E-state index contributed by atoms with van der Waals surface area (Å²) in [5.74, 6) is -3.16. The van der Waals surface area contributed by atoms with Crippen molar-refractivity contribution in [2.24, 2.45) is 11.1 Å². The van der Waals surface area contributed by atoms with Crippen LogP contribution in [-0.2, 0) is 25.0 Å². The van der Waals surface area contributed by atoms with Crippen LogP contribution >= 0.6 is 23.2 Å². The maximum atomic E-state index is 13.1. The van der Waals surface area contributed by atoms with Gasteiger partial charge in [0.1, 0.15) is 11.5 Å². The maximum absolute atomic E-state index is 13.1. The molecule has 1 heterocycles. The Morgan fingerprint density at radius 1 is 1.18 bits per heavy atom. The van der Waals surface area contributed by atoms with Gasteiger partial charge in [0.05, 0.1) is 24.9 Å². The minimum atomic E-state index is -3.94. The summed E-state index contributed by atoms with van der Waals surface area (Å²) in [7, 11) is -3.94. The monoisotopic (exact) mass is 594 g/mol. The molecule has 3 rings (SSSR count). The zero-order valence-electron chi connectivity index (χ0n) is 22.1. The van der Waals surface area contributed by atoms with Gasteiger partial charge in [-0.25, -0.2) is 8.42 Å². The summed E-state index contributed by atoms with van der Waals surface area (Å²) >= 11 is 12.5. The molecule has 0 radical (unpaired) electrons. The van der Waals surface area contributed by atoms with Crippen molar-refractivity contribution in [3.8, 4) is 6.07 Å². The molecule has 4 N–H and O–H groups in total. The summed E-state index contributed by atoms with van der Waals surface area (Å²) in [5, 5.41) is 22.5. The highest BCUT2D eigenvalue weighted by atomic mass is 35.5. The molecule has 0 saturated carbocycles. The van der Waals surface area contributed by atoms with Crippen LogP contribution in [0.3, 0.4) is 0 Å². The molecule has 1 aliphatic rings. The summed E-state index contributed by atoms with van der Waals surface area (Å²) < 4.78 is 27.3. The molecule has 9 nitrogen and oxygen atoms in total. The highest BCUT2D eigenvalue weighted by molar-refractivity contribution is 7.88. The Bertz CT molecular complexity index is 1390. The Morgan fingerprint density at radius 3 is 2.26 bits per heavy atom. The lowest BCUT2D eigenvalue weighted by Crippen LogP contribution is -2.58. The third-order valence-electron chi connectivity index (χ3n) is 6.89. The Labute approximate surface area is 238 Å². The molecule has 0 spiro atoms. The predicted octanol–water partition coefficient (Wildman–Crippen LogP) is 3.86. The Morgan fingerprint density at radius 2 is 1.79 bits per heavy atom. The number of carbonyl (C=O) groups is 2. The minimum Gasteiger partial charge on any atom is -0.480 e. The predicted molar refractivity (Wildman–Crippen MR) is 150 cm³/mol. The number of rotatable bonds is 9. The fraction of sp³-hybridized carbons (Fsp3) is 0.444. The molecule has 0 aliphatic carbocycles. The number of hydrogen-bond donors (Lipinski definition) is 3. The maximum Gasteiger partial charge on any atom is 0.321 e. The van der Waals surface area contributed by atoms with Gasteiger partial charge < -0.3 is 10.8 Å². The van der Waals surface area contributed by atoms with E-state index < -0.39 is 63.3 Å². The van der Waals surface area contributed by atoms with Crippen molar-refractivity contribution in [2.45, 2.75) is 63.2 Å². The smallest absolute Gasteiger partial charge is 0.321 e. The number of likely N-dealkylation sites (tertiary alicyclic amines) is 1. The number of nitrogens with two attached hydrogens (primary N) is 1. The molecule has 39 heavy (non-hydrogen) atoms. The summed E-state index contributed by atoms with van der Waals surface area (Å²) in [5.41, 5.74) is 4.52. The van der Waals surface area contributed by atoms with Crippen LogP contribution in [0.1, 0.15) is 50.7 Å². The topological polar surface area (TPSA) is 154 Å². The lowest BCUT2D eigenvalue weighted by atomic mass is 9.63. The number of amides is 1. The van der Waals surface area contributed by atoms with E-state index in [0.29, 0.717) is 21.2 Å². The van der Waals surface area contributed by atoms with E-state index in [2.05, 4.69) is 10.8 Å². The van der Waals surface area contributed by atoms with E-state index in [1.807, 2.05) is 20.8 Å². The standard InChI is InChI=1S/C27H32Cl2N4O5S/c1-26(2,3)14-20-27(15-30,17-8-10-18(28)11-9-17)23(16-6-5-7-19(29)12-16)24(25(35)36)33(20)22(13-21(31)34)32-39(4,37)38/h5-12,20,22-24,32H,13-14H2,1-4H3,(H2,31,34)(H,35,36)/t20-,22?,23-,24+,27-/m0/s1. The molecule has 12 heteroatoms. The molecule has 1 aliphatic heterocycles. The lowest BCUT2D eigenvalue weighted by molar-refractivity contribution is -0.145. The van der Waals surface area contributed by atoms with E-state index in [1.54, 1.807) is 48.5 Å². The number of nitrogens with zero attached hydrogens (tertiary/aromatic N) is 2. The van der Waals surface area contributed by atoms with Gasteiger partial charge in [-0.3, -0.25) is 14.5 Å². The van der Waals surface area contributed by atoms with Gasteiger partial charge in [0, 0.05) is 22.0 Å². The van der Waals surface area contributed by atoms with Gasteiger partial charge in [0.2, 0.25) is 15.9 Å². The third kappa shape index (κ3) is 6.73. The molecule has 1 fully saturated rings. The summed E-state index contributed by atoms with van der Waals surface area (Å²) in [6.45, 7) is 5.81. The number of carboxylic acids is 1. The first-order valence-corrected chi connectivity index (χ1v) is 14.8. The van der Waals surface area contributed by atoms with Crippen LogP contribution in [0.2, 0.25) is 10.0 Å². The fourth-order valence-electron chi connectivity index (χ4n) is 5.68. The van der Waals surface area contributed by atoms with Gasteiger partial charge >= 0.3 is 5.97 Å². The van der Waals surface area contributed by atoms with Crippen LogP contribution in [0.5, 0.6) is 0 Å². The third-order valence-corrected chi connectivity index (χ3v) is 8.08. The first kappa shape index (κ1) is 30.9. The van der Waals surface area contributed by atoms with E-state index in [1.165, 1.54) is 4.90 Å². The van der Waals surface area contributed by atoms with Gasteiger partial charge in [-0.1, -0.05) is 68.2 Å². The highest BCUT2D eigenvalue weighted by Crippen LogP contribution is 2.56. The summed E-state index contributed by atoms with van der Waals surface area (Å²) in [4.78, 5) is 26.7. The molecular formula is C27H32Cl2N4O5S. The molecular weight excluding hydrogens is 563 g/mol. The summed E-state index contributed by atoms with van der Waals surface area (Å²) in [6, 6.07) is 13.3. The number of aliphatic carboxylic acids is 1. The van der Waals surface area contributed by atoms with Crippen LogP contribution in [0.15, 0.2) is 48.5 Å². The van der Waals surface area contributed by atoms with Crippen molar-refractivity contribution in [3.63, 3.8) is 0 Å². The van der Waals surface area contributed by atoms with Crippen LogP contribution < -0.4 is 10.5 Å². The van der Waals surface area contributed by atoms with E-state index in [9.17, 15) is 28.4 Å². The van der Waals surface area contributed by atoms with Crippen molar-refractivity contribution in [2.75, 3.05) is 6.26 Å². The van der Waals surface area contributed by atoms with Crippen LogP contribution in [0.4, 0.5) is 0 Å². The second-order valence-corrected chi connectivity index (χ2v) is 13.8. The van der Waals surface area contributed by atoms with E-state index >= 15 is 0 Å². The van der Waals surface area contributed by atoms with Gasteiger partial charge in [0.25, 0.3) is 0 Å². The zero-order chi connectivity index (χ0) is 29.3. The first-order chi connectivity index (χ1) is 18.0. The number of hydrogen-bond acceptors (Lipinski definition) is 6. The van der Waals surface area contributed by atoms with Crippen LogP contribution in [0.25, 0.3) is 0 Å². The summed E-state index contributed by atoms with van der Waals surface area (Å²) in [6.07, 6.45) is -0.668. The lowest BCUT2D eigenvalue weighted by Gasteiger charge is -2.41. The number of halogens is 2. The molecule has 2 aromatic rings. The van der Waals surface area contributed by atoms with Gasteiger partial charge in [0.15, 0.2) is 0 Å². The average molecular weight is 596 g/mol. The van der Waals surface area contributed by atoms with Crippen molar-refractivity contribution in [1.29, 1.82) is 5.26 Å². The van der Waals surface area contributed by atoms with E-state index in [4.69, 9.17) is 28.9 Å². The zero-order valence-corrected chi connectivity index (χ0v) is 24.4. The number of nitrogens with one attached hydrogen (secondary N) is 1. The molecule has 0 aromatic heterocycles. The van der Waals surface area contributed by atoms with Crippen molar-refractivity contribution < 1.29 is 23.1 Å². The molecule has 1 amide bonds. The fourth-order valence-corrected chi connectivity index (χ4v) is 6.71. The number of benzene rings is 2. The number of carboxylic acid groups (broad SMARTS) is 1. The van der Waals surface area contributed by atoms with Crippen LogP contribution in [0, 0.1) is 16.7 Å². The SMILES string of the molecule is CC(C)(C)C[C@@H]1N(C(CC(N)=O)NS(C)(=O)=O)[C@@H](C(=O)O)[C@H](c2cccc(Cl)c2)[C@@]1(C#N)c1ccc(Cl)cc1. The Hall–Kier alpha value is -2.68. The molecule has 1 saturated heterocycles. The van der Waals surface area contributed by atoms with Crippen molar-refractivity contribution in [3.05, 3.63) is 69.7 Å². The highest BCUT2D eigenvalue weighted by Gasteiger charge is 2.65. The Balaban J connectivity index is 2.49. The molecule has 0 bridgehead atoms. The largest absolute Gasteiger partial charge is 0.480 e.